The Labute approximate surface area is 152 Å². The van der Waals surface area contributed by atoms with Crippen molar-refractivity contribution in [1.82, 2.24) is 10.2 Å². The minimum atomic E-state index is -0.361. The zero-order chi connectivity index (χ0) is 17.2. The number of hydrogen-bond donors (Lipinski definition) is 1. The second-order valence-electron chi connectivity index (χ2n) is 6.96. The van der Waals surface area contributed by atoms with Crippen LogP contribution in [0.1, 0.15) is 37.0 Å². The van der Waals surface area contributed by atoms with Crippen LogP contribution < -0.4 is 5.32 Å². The molecule has 0 radical (unpaired) electrons. The molecule has 0 bridgehead atoms. The quantitative estimate of drug-likeness (QED) is 0.896. The molecule has 24 heavy (non-hydrogen) atoms. The maximum absolute atomic E-state index is 12.7. The van der Waals surface area contributed by atoms with Crippen LogP contribution in [-0.2, 0) is 4.79 Å². The van der Waals surface area contributed by atoms with Gasteiger partial charge in [0, 0.05) is 22.1 Å². The molecule has 2 heterocycles. The molecule has 0 aromatic heterocycles. The summed E-state index contributed by atoms with van der Waals surface area (Å²) in [6, 6.07) is 9.07. The fourth-order valence-corrected chi connectivity index (χ4v) is 5.69. The molecule has 2 amide bonds. The lowest BCUT2D eigenvalue weighted by Gasteiger charge is -2.36. The van der Waals surface area contributed by atoms with Crippen molar-refractivity contribution in [2.24, 2.45) is 0 Å². The van der Waals surface area contributed by atoms with Crippen molar-refractivity contribution >= 4 is 35.3 Å². The monoisotopic (exact) mass is 364 g/mol. The van der Waals surface area contributed by atoms with Gasteiger partial charge in [-0.05, 0) is 30.7 Å². The van der Waals surface area contributed by atoms with Crippen LogP contribution in [0.2, 0.25) is 0 Å². The molecule has 2 atom stereocenters. The van der Waals surface area contributed by atoms with Crippen molar-refractivity contribution in [3.8, 4) is 0 Å². The van der Waals surface area contributed by atoms with Crippen molar-refractivity contribution in [2.75, 3.05) is 17.4 Å². The van der Waals surface area contributed by atoms with Crippen LogP contribution in [0.4, 0.5) is 0 Å². The summed E-state index contributed by atoms with van der Waals surface area (Å²) >= 11 is 3.61. The second-order valence-corrected chi connectivity index (χ2v) is 9.76. The Morgan fingerprint density at radius 1 is 1.25 bits per heavy atom. The molecule has 4 nitrogen and oxygen atoms in total. The molecule has 2 saturated heterocycles. The lowest BCUT2D eigenvalue weighted by molar-refractivity contribution is -0.125. The molecule has 1 aromatic rings. The van der Waals surface area contributed by atoms with E-state index in [1.54, 1.807) is 28.8 Å². The highest BCUT2D eigenvalue weighted by molar-refractivity contribution is 8.00. The smallest absolute Gasteiger partial charge is 0.255 e. The minimum Gasteiger partial charge on any atom is -0.351 e. The van der Waals surface area contributed by atoms with E-state index in [1.165, 1.54) is 0 Å². The molecule has 1 aromatic carbocycles. The van der Waals surface area contributed by atoms with E-state index in [4.69, 9.17) is 0 Å². The van der Waals surface area contributed by atoms with Crippen LogP contribution in [0.25, 0.3) is 0 Å². The molecule has 0 saturated carbocycles. The largest absolute Gasteiger partial charge is 0.351 e. The Kier molecular flexibility index (Phi) is 5.45. The normalized spacial score (nSPS) is 26.2. The summed E-state index contributed by atoms with van der Waals surface area (Å²) < 4.78 is 0.208. The highest BCUT2D eigenvalue weighted by Gasteiger charge is 2.37. The summed E-state index contributed by atoms with van der Waals surface area (Å²) in [5, 5.41) is 3.19. The first kappa shape index (κ1) is 17.7. The van der Waals surface area contributed by atoms with Crippen LogP contribution >= 0.6 is 23.5 Å². The maximum atomic E-state index is 12.7. The van der Waals surface area contributed by atoms with E-state index in [9.17, 15) is 9.59 Å². The summed E-state index contributed by atoms with van der Waals surface area (Å²) in [5.41, 5.74) is 0.646. The Hall–Kier alpha value is -1.14. The third kappa shape index (κ3) is 4.09. The first-order valence-electron chi connectivity index (χ1n) is 8.34. The number of nitrogens with zero attached hydrogens (tertiary/aromatic N) is 1. The first-order chi connectivity index (χ1) is 11.5. The summed E-state index contributed by atoms with van der Waals surface area (Å²) in [6.07, 6.45) is 1.99. The molecular weight excluding hydrogens is 340 g/mol. The van der Waals surface area contributed by atoms with Gasteiger partial charge in [0.15, 0.2) is 0 Å². The molecule has 0 spiro atoms. The predicted octanol–water partition coefficient (Wildman–Crippen LogP) is 2.99. The van der Waals surface area contributed by atoms with Gasteiger partial charge in [-0.25, -0.2) is 0 Å². The second kappa shape index (κ2) is 7.40. The van der Waals surface area contributed by atoms with Gasteiger partial charge >= 0.3 is 0 Å². The number of amides is 2. The van der Waals surface area contributed by atoms with Gasteiger partial charge < -0.3 is 10.2 Å². The van der Waals surface area contributed by atoms with Crippen LogP contribution in [0.15, 0.2) is 30.3 Å². The molecule has 2 aliphatic heterocycles. The lowest BCUT2D eigenvalue weighted by Crippen LogP contribution is -2.51. The fourth-order valence-electron chi connectivity index (χ4n) is 3.26. The van der Waals surface area contributed by atoms with Crippen LogP contribution in [-0.4, -0.2) is 50.9 Å². The molecule has 130 valence electrons. The minimum absolute atomic E-state index is 0.00280. The predicted molar refractivity (Wildman–Crippen MR) is 101 cm³/mol. The molecular formula is C18H24N2O2S2. The average Bonchev–Trinajstić information content (AvgIpc) is 3.03. The van der Waals surface area contributed by atoms with Gasteiger partial charge in [0.2, 0.25) is 5.91 Å². The van der Waals surface area contributed by atoms with Crippen molar-refractivity contribution in [2.45, 2.75) is 43.5 Å². The number of hydrogen-bond acceptors (Lipinski definition) is 4. The number of carbonyl (C=O) groups excluding carboxylic acids is 2. The van der Waals surface area contributed by atoms with Gasteiger partial charge in [0.05, 0.1) is 5.88 Å². The summed E-state index contributed by atoms with van der Waals surface area (Å²) in [6.45, 7) is 4.46. The van der Waals surface area contributed by atoms with Gasteiger partial charge in [-0.15, -0.1) is 11.8 Å². The number of benzene rings is 1. The number of rotatable bonds is 3. The summed E-state index contributed by atoms with van der Waals surface area (Å²) in [4.78, 5) is 27.1. The van der Waals surface area contributed by atoms with Gasteiger partial charge in [0.25, 0.3) is 5.91 Å². The van der Waals surface area contributed by atoms with Crippen molar-refractivity contribution < 1.29 is 9.59 Å². The third-order valence-electron chi connectivity index (χ3n) is 4.51. The average molecular weight is 365 g/mol. The van der Waals surface area contributed by atoms with Crippen LogP contribution in [0.5, 0.6) is 0 Å². The van der Waals surface area contributed by atoms with E-state index in [2.05, 4.69) is 19.2 Å². The van der Waals surface area contributed by atoms with E-state index >= 15 is 0 Å². The van der Waals surface area contributed by atoms with Crippen molar-refractivity contribution in [3.63, 3.8) is 0 Å². The highest BCUT2D eigenvalue weighted by Crippen LogP contribution is 2.35. The Morgan fingerprint density at radius 3 is 2.71 bits per heavy atom. The molecule has 0 aliphatic carbocycles. The molecule has 3 rings (SSSR count). The first-order valence-corrected chi connectivity index (χ1v) is 10.5. The van der Waals surface area contributed by atoms with Gasteiger partial charge in [0.1, 0.15) is 6.04 Å². The fraction of sp³-hybridized carbons (Fsp3) is 0.556. The van der Waals surface area contributed by atoms with Crippen molar-refractivity contribution in [1.29, 1.82) is 0 Å². The number of carbonyl (C=O) groups is 2. The summed E-state index contributed by atoms with van der Waals surface area (Å²) in [5.74, 6) is 2.27. The zero-order valence-electron chi connectivity index (χ0n) is 14.2. The van der Waals surface area contributed by atoms with E-state index in [0.717, 1.165) is 18.6 Å². The summed E-state index contributed by atoms with van der Waals surface area (Å²) in [7, 11) is 0. The van der Waals surface area contributed by atoms with Crippen LogP contribution in [0, 0.1) is 0 Å². The Balaban J connectivity index is 1.64. The van der Waals surface area contributed by atoms with Crippen LogP contribution in [0.3, 0.4) is 0 Å². The zero-order valence-corrected chi connectivity index (χ0v) is 15.8. The lowest BCUT2D eigenvalue weighted by atomic mass is 9.99. The standard InChI is InChI=1S/C18H24N2O2S2/c1-18(2)10-14(8-9-24-18)19-16(21)15-11-23-12-20(15)17(22)13-6-4-3-5-7-13/h3-7,14-15H,8-12H2,1-2H3,(H,19,21)/t14?,15-/m1/s1. The van der Waals surface area contributed by atoms with Gasteiger partial charge in [-0.2, -0.15) is 11.8 Å². The topological polar surface area (TPSA) is 49.4 Å². The third-order valence-corrected chi connectivity index (χ3v) is 6.91. The molecule has 1 N–H and O–H groups in total. The maximum Gasteiger partial charge on any atom is 0.255 e. The van der Waals surface area contributed by atoms with Gasteiger partial charge in [-0.3, -0.25) is 9.59 Å². The molecule has 1 unspecified atom stereocenters. The highest BCUT2D eigenvalue weighted by atomic mass is 32.2. The van der Waals surface area contributed by atoms with E-state index in [1.807, 2.05) is 30.0 Å². The van der Waals surface area contributed by atoms with Gasteiger partial charge in [-0.1, -0.05) is 32.0 Å². The number of nitrogens with one attached hydrogen (secondary N) is 1. The molecule has 6 heteroatoms. The van der Waals surface area contributed by atoms with E-state index in [-0.39, 0.29) is 28.6 Å². The van der Waals surface area contributed by atoms with E-state index < -0.39 is 0 Å². The molecule has 2 aliphatic rings. The number of thioether (sulfide) groups is 2. The Bertz CT molecular complexity index is 606. The van der Waals surface area contributed by atoms with E-state index in [0.29, 0.717) is 17.2 Å². The van der Waals surface area contributed by atoms with Crippen molar-refractivity contribution in [3.05, 3.63) is 35.9 Å². The SMILES string of the molecule is CC1(C)CC(NC(=O)[C@H]2CSCN2C(=O)c2ccccc2)CCS1. The Morgan fingerprint density at radius 2 is 2.00 bits per heavy atom. The molecule has 2 fully saturated rings.